The van der Waals surface area contributed by atoms with E-state index in [1.807, 2.05) is 0 Å². The van der Waals surface area contributed by atoms with Crippen LogP contribution in [0.4, 0.5) is 0 Å². The van der Waals surface area contributed by atoms with Gasteiger partial charge < -0.3 is 11.1 Å². The molecule has 0 saturated carbocycles. The van der Waals surface area contributed by atoms with Gasteiger partial charge in [-0.1, -0.05) is 29.8 Å². The van der Waals surface area contributed by atoms with Crippen LogP contribution in [-0.2, 0) is 4.79 Å². The highest BCUT2D eigenvalue weighted by Gasteiger charge is 2.21. The Balaban J connectivity index is 1.82. The van der Waals surface area contributed by atoms with Gasteiger partial charge in [-0.15, -0.1) is 0 Å². The molecule has 0 aromatic heterocycles. The van der Waals surface area contributed by atoms with Gasteiger partial charge in [0.2, 0.25) is 5.91 Å². The zero-order chi connectivity index (χ0) is 14.5. The highest BCUT2D eigenvalue weighted by Crippen LogP contribution is 2.18. The fourth-order valence-corrected chi connectivity index (χ4v) is 2.87. The van der Waals surface area contributed by atoms with E-state index in [9.17, 15) is 4.79 Å². The number of hydrogen-bond donors (Lipinski definition) is 2. The Kier molecular flexibility index (Phi) is 5.15. The molecule has 3 N–H and O–H groups in total. The minimum atomic E-state index is -0.232. The topological polar surface area (TPSA) is 58.4 Å². The number of carbonyl (C=O) groups is 1. The average Bonchev–Trinajstić information content (AvgIpc) is 2.40. The summed E-state index contributed by atoms with van der Waals surface area (Å²) in [5, 5.41) is 3.69. The van der Waals surface area contributed by atoms with Crippen LogP contribution in [0.3, 0.4) is 0 Å². The summed E-state index contributed by atoms with van der Waals surface area (Å²) in [5.74, 6) is -0.232. The van der Waals surface area contributed by atoms with E-state index in [0.29, 0.717) is 18.6 Å². The van der Waals surface area contributed by atoms with Gasteiger partial charge in [-0.3, -0.25) is 9.69 Å². The quantitative estimate of drug-likeness (QED) is 0.858. The van der Waals surface area contributed by atoms with E-state index in [1.165, 1.54) is 11.1 Å². The number of nitrogens with zero attached hydrogens (tertiary/aromatic N) is 1. The molecule has 1 unspecified atom stereocenters. The zero-order valence-corrected chi connectivity index (χ0v) is 12.4. The number of nitrogens with two attached hydrogens (primary N) is 1. The largest absolute Gasteiger partial charge is 0.369 e. The van der Waals surface area contributed by atoms with Gasteiger partial charge in [-0.2, -0.15) is 0 Å². The Morgan fingerprint density at radius 2 is 2.15 bits per heavy atom. The Hall–Kier alpha value is -1.39. The molecule has 0 aliphatic carbocycles. The zero-order valence-electron chi connectivity index (χ0n) is 12.4. The maximum atomic E-state index is 10.9. The summed E-state index contributed by atoms with van der Waals surface area (Å²) in [4.78, 5) is 13.0. The van der Waals surface area contributed by atoms with Gasteiger partial charge in [-0.25, -0.2) is 0 Å². The van der Waals surface area contributed by atoms with Crippen molar-refractivity contribution < 1.29 is 4.79 Å². The predicted molar refractivity (Wildman–Crippen MR) is 81.4 cm³/mol. The number of aryl methyl sites for hydroxylation is 1. The summed E-state index contributed by atoms with van der Waals surface area (Å²) in [6, 6.07) is 9.53. The predicted octanol–water partition coefficient (Wildman–Crippen LogP) is 1.60. The summed E-state index contributed by atoms with van der Waals surface area (Å²) < 4.78 is 0. The standard InChI is InChI=1S/C16H25N3O/c1-12-4-3-5-14(10-12)13(2)18-15-6-8-19(9-7-15)11-16(17)20/h3-5,10,13,15,18H,6-9,11H2,1-2H3,(H2,17,20). The molecule has 0 radical (unpaired) electrons. The van der Waals surface area contributed by atoms with E-state index >= 15 is 0 Å². The van der Waals surface area contributed by atoms with Gasteiger partial charge in [0.25, 0.3) is 0 Å². The molecule has 4 nitrogen and oxygen atoms in total. The first-order chi connectivity index (χ1) is 9.54. The molecular weight excluding hydrogens is 250 g/mol. The Morgan fingerprint density at radius 1 is 1.45 bits per heavy atom. The Bertz CT molecular complexity index is 453. The number of benzene rings is 1. The molecule has 1 fully saturated rings. The summed E-state index contributed by atoms with van der Waals surface area (Å²) >= 11 is 0. The van der Waals surface area contributed by atoms with Crippen LogP contribution in [-0.4, -0.2) is 36.5 Å². The number of amides is 1. The number of nitrogens with one attached hydrogen (secondary N) is 1. The number of hydrogen-bond acceptors (Lipinski definition) is 3. The van der Waals surface area contributed by atoms with Crippen molar-refractivity contribution >= 4 is 5.91 Å². The van der Waals surface area contributed by atoms with Gasteiger partial charge in [0, 0.05) is 25.2 Å². The minimum Gasteiger partial charge on any atom is -0.369 e. The van der Waals surface area contributed by atoms with Crippen molar-refractivity contribution in [2.24, 2.45) is 5.73 Å². The number of likely N-dealkylation sites (tertiary alicyclic amines) is 1. The van der Waals surface area contributed by atoms with Crippen LogP contribution in [0.2, 0.25) is 0 Å². The molecule has 1 aliphatic rings. The van der Waals surface area contributed by atoms with E-state index in [4.69, 9.17) is 5.73 Å². The Labute approximate surface area is 121 Å². The first-order valence-corrected chi connectivity index (χ1v) is 7.38. The minimum absolute atomic E-state index is 0.232. The van der Waals surface area contributed by atoms with Crippen LogP contribution in [0.15, 0.2) is 24.3 Å². The molecule has 4 heteroatoms. The normalized spacial score (nSPS) is 18.9. The van der Waals surface area contributed by atoms with Gasteiger partial charge >= 0.3 is 0 Å². The lowest BCUT2D eigenvalue weighted by molar-refractivity contribution is -0.119. The molecule has 0 bridgehead atoms. The molecule has 1 aromatic rings. The van der Waals surface area contributed by atoms with Crippen LogP contribution in [0.5, 0.6) is 0 Å². The molecule has 20 heavy (non-hydrogen) atoms. The lowest BCUT2D eigenvalue weighted by atomic mass is 10.0. The lowest BCUT2D eigenvalue weighted by Crippen LogP contribution is -2.45. The first-order valence-electron chi connectivity index (χ1n) is 7.38. The van der Waals surface area contributed by atoms with Crippen LogP contribution in [0.25, 0.3) is 0 Å². The average molecular weight is 275 g/mol. The van der Waals surface area contributed by atoms with Crippen molar-refractivity contribution in [1.82, 2.24) is 10.2 Å². The monoisotopic (exact) mass is 275 g/mol. The van der Waals surface area contributed by atoms with Crippen molar-refractivity contribution in [3.8, 4) is 0 Å². The van der Waals surface area contributed by atoms with Crippen LogP contribution >= 0.6 is 0 Å². The molecule has 1 amide bonds. The number of carbonyl (C=O) groups excluding carboxylic acids is 1. The van der Waals surface area contributed by atoms with Crippen molar-refractivity contribution in [2.45, 2.75) is 38.8 Å². The second kappa shape index (κ2) is 6.86. The van der Waals surface area contributed by atoms with E-state index in [-0.39, 0.29) is 5.91 Å². The lowest BCUT2D eigenvalue weighted by Gasteiger charge is -2.33. The van der Waals surface area contributed by atoms with Crippen LogP contribution in [0.1, 0.15) is 36.9 Å². The van der Waals surface area contributed by atoms with Crippen molar-refractivity contribution in [1.29, 1.82) is 0 Å². The van der Waals surface area contributed by atoms with E-state index in [0.717, 1.165) is 25.9 Å². The number of primary amides is 1. The summed E-state index contributed by atoms with van der Waals surface area (Å²) in [5.41, 5.74) is 7.87. The summed E-state index contributed by atoms with van der Waals surface area (Å²) in [7, 11) is 0. The molecule has 2 rings (SSSR count). The third kappa shape index (κ3) is 4.32. The third-order valence-corrected chi connectivity index (χ3v) is 3.99. The first kappa shape index (κ1) is 15.0. The van der Waals surface area contributed by atoms with Gasteiger partial charge in [0.1, 0.15) is 0 Å². The highest BCUT2D eigenvalue weighted by molar-refractivity contribution is 5.75. The fraction of sp³-hybridized carbons (Fsp3) is 0.562. The number of rotatable bonds is 5. The van der Waals surface area contributed by atoms with Gasteiger partial charge in [0.15, 0.2) is 0 Å². The fourth-order valence-electron chi connectivity index (χ4n) is 2.87. The molecule has 110 valence electrons. The molecule has 1 saturated heterocycles. The highest BCUT2D eigenvalue weighted by atomic mass is 16.1. The smallest absolute Gasteiger partial charge is 0.231 e. The van der Waals surface area contributed by atoms with Crippen molar-refractivity contribution in [3.05, 3.63) is 35.4 Å². The molecule has 1 heterocycles. The summed E-state index contributed by atoms with van der Waals surface area (Å²) in [6.45, 7) is 6.62. The number of piperidine rings is 1. The molecule has 0 spiro atoms. The molecule has 1 aromatic carbocycles. The third-order valence-electron chi connectivity index (χ3n) is 3.99. The van der Waals surface area contributed by atoms with E-state index in [1.54, 1.807) is 0 Å². The maximum Gasteiger partial charge on any atom is 0.231 e. The SMILES string of the molecule is Cc1cccc(C(C)NC2CCN(CC(N)=O)CC2)c1. The molecular formula is C16H25N3O. The van der Waals surface area contributed by atoms with Gasteiger partial charge in [0.05, 0.1) is 6.54 Å². The molecule has 1 aliphatic heterocycles. The second-order valence-electron chi connectivity index (χ2n) is 5.82. The van der Waals surface area contributed by atoms with Crippen LogP contribution in [0, 0.1) is 6.92 Å². The van der Waals surface area contributed by atoms with Gasteiger partial charge in [-0.05, 0) is 32.3 Å². The van der Waals surface area contributed by atoms with Crippen molar-refractivity contribution in [2.75, 3.05) is 19.6 Å². The maximum absolute atomic E-state index is 10.9. The summed E-state index contributed by atoms with van der Waals surface area (Å²) in [6.07, 6.45) is 2.15. The van der Waals surface area contributed by atoms with Crippen LogP contribution < -0.4 is 11.1 Å². The van der Waals surface area contributed by atoms with E-state index < -0.39 is 0 Å². The molecule has 1 atom stereocenters. The second-order valence-corrected chi connectivity index (χ2v) is 5.82. The van der Waals surface area contributed by atoms with E-state index in [2.05, 4.69) is 48.3 Å². The Morgan fingerprint density at radius 3 is 2.75 bits per heavy atom. The van der Waals surface area contributed by atoms with Crippen molar-refractivity contribution in [3.63, 3.8) is 0 Å².